The lowest BCUT2D eigenvalue weighted by atomic mass is 10.1. The van der Waals surface area contributed by atoms with Gasteiger partial charge in [0, 0.05) is 29.7 Å². The van der Waals surface area contributed by atoms with Gasteiger partial charge in [-0.2, -0.15) is 0 Å². The first-order valence-corrected chi connectivity index (χ1v) is 9.64. The third-order valence-electron chi connectivity index (χ3n) is 4.14. The molecule has 2 rings (SSSR count). The van der Waals surface area contributed by atoms with Crippen LogP contribution in [-0.2, 0) is 11.2 Å². The van der Waals surface area contributed by atoms with Gasteiger partial charge in [-0.25, -0.2) is 5.43 Å². The smallest absolute Gasteiger partial charge is 0.307 e. The van der Waals surface area contributed by atoms with Gasteiger partial charge in [0.05, 0.1) is 30.3 Å². The highest BCUT2D eigenvalue weighted by Gasteiger charge is 2.17. The minimum absolute atomic E-state index is 0. The van der Waals surface area contributed by atoms with Crippen molar-refractivity contribution in [2.24, 2.45) is 0 Å². The summed E-state index contributed by atoms with van der Waals surface area (Å²) in [6.45, 7) is 2.89. The Labute approximate surface area is 198 Å². The van der Waals surface area contributed by atoms with Gasteiger partial charge in [-0.15, -0.1) is 24.8 Å². The van der Waals surface area contributed by atoms with E-state index in [-0.39, 0.29) is 37.8 Å². The Hall–Kier alpha value is -1.41. The molecule has 0 unspecified atom stereocenters. The normalized spacial score (nSPS) is 11.1. The van der Waals surface area contributed by atoms with E-state index in [2.05, 4.69) is 5.43 Å². The zero-order chi connectivity index (χ0) is 20.7. The van der Waals surface area contributed by atoms with E-state index in [9.17, 15) is 9.90 Å². The number of ether oxygens (including phenoxy) is 1. The Morgan fingerprint density at radius 3 is 2.50 bits per heavy atom. The Morgan fingerprint density at radius 2 is 1.93 bits per heavy atom. The molecule has 3 N–H and O–H groups in total. The molecule has 0 amide bonds. The van der Waals surface area contributed by atoms with Gasteiger partial charge in [-0.05, 0) is 30.2 Å². The molecule has 2 aromatic carbocycles. The van der Waals surface area contributed by atoms with Crippen molar-refractivity contribution in [1.29, 1.82) is 0 Å². The van der Waals surface area contributed by atoms with Crippen molar-refractivity contribution in [1.82, 2.24) is 5.43 Å². The average molecular weight is 500 g/mol. The molecule has 0 aromatic heterocycles. The summed E-state index contributed by atoms with van der Waals surface area (Å²) in [5.74, 6) is -0.518. The van der Waals surface area contributed by atoms with Gasteiger partial charge < -0.3 is 20.0 Å². The van der Waals surface area contributed by atoms with Crippen LogP contribution in [0.3, 0.4) is 0 Å². The van der Waals surface area contributed by atoms with Crippen LogP contribution in [0, 0.1) is 0 Å². The molecule has 1 atom stereocenters. The maximum Gasteiger partial charge on any atom is 0.307 e. The molecule has 0 saturated carbocycles. The summed E-state index contributed by atoms with van der Waals surface area (Å²) in [7, 11) is 1.48. The summed E-state index contributed by atoms with van der Waals surface area (Å²) >= 11 is 12.4. The van der Waals surface area contributed by atoms with Crippen molar-refractivity contribution in [3.8, 4) is 5.75 Å². The number of hydrogen-bond donors (Lipinski definition) is 3. The van der Waals surface area contributed by atoms with Gasteiger partial charge in [0.25, 0.3) is 0 Å². The number of halogens is 4. The van der Waals surface area contributed by atoms with E-state index in [0.717, 1.165) is 6.42 Å². The number of carboxylic acids is 1. The van der Waals surface area contributed by atoms with Crippen LogP contribution in [0.15, 0.2) is 36.4 Å². The average Bonchev–Trinajstić information content (AvgIpc) is 2.65. The van der Waals surface area contributed by atoms with Crippen LogP contribution < -0.4 is 15.2 Å². The third-order valence-corrected chi connectivity index (χ3v) is 4.68. The topological polar surface area (TPSA) is 82.0 Å². The van der Waals surface area contributed by atoms with Gasteiger partial charge in [0.1, 0.15) is 5.75 Å². The summed E-state index contributed by atoms with van der Waals surface area (Å²) in [5.41, 5.74) is 5.04. The Kier molecular flexibility index (Phi) is 13.2. The highest BCUT2D eigenvalue weighted by atomic mass is 35.5. The van der Waals surface area contributed by atoms with Crippen LogP contribution in [0.1, 0.15) is 30.6 Å². The fourth-order valence-corrected chi connectivity index (χ4v) is 3.31. The largest absolute Gasteiger partial charge is 0.496 e. The van der Waals surface area contributed by atoms with Crippen molar-refractivity contribution < 1.29 is 19.7 Å². The maximum atomic E-state index is 11.0. The number of hydrogen-bond acceptors (Lipinski definition) is 5. The molecular weight excluding hydrogens is 474 g/mol. The van der Waals surface area contributed by atoms with Crippen molar-refractivity contribution >= 4 is 59.7 Å². The molecule has 0 aliphatic heterocycles. The summed E-state index contributed by atoms with van der Waals surface area (Å²) in [6.07, 6.45) is -0.113. The number of aliphatic hydroxyl groups excluding tert-OH is 1. The highest BCUT2D eigenvalue weighted by Crippen LogP contribution is 2.33. The second-order valence-corrected chi connectivity index (χ2v) is 7.11. The van der Waals surface area contributed by atoms with E-state index in [1.54, 1.807) is 36.4 Å². The lowest BCUT2D eigenvalue weighted by Crippen LogP contribution is -2.41. The molecule has 0 aliphatic rings. The van der Waals surface area contributed by atoms with E-state index in [4.69, 9.17) is 33.0 Å². The number of aliphatic hydroxyl groups is 1. The molecule has 0 spiro atoms. The molecule has 168 valence electrons. The molecule has 30 heavy (non-hydrogen) atoms. The van der Waals surface area contributed by atoms with Gasteiger partial charge in [0.15, 0.2) is 0 Å². The number of hydrazine groups is 1. The first-order chi connectivity index (χ1) is 13.3. The van der Waals surface area contributed by atoms with E-state index in [1.807, 2.05) is 11.9 Å². The zero-order valence-corrected chi connectivity index (χ0v) is 19.7. The van der Waals surface area contributed by atoms with Crippen molar-refractivity contribution in [2.75, 3.05) is 25.2 Å². The van der Waals surface area contributed by atoms with Crippen LogP contribution in [0.5, 0.6) is 5.75 Å². The van der Waals surface area contributed by atoms with Gasteiger partial charge >= 0.3 is 5.97 Å². The molecule has 0 saturated heterocycles. The summed E-state index contributed by atoms with van der Waals surface area (Å²) in [4.78, 5) is 11.0. The van der Waals surface area contributed by atoms with Crippen LogP contribution in [0.4, 0.5) is 5.69 Å². The van der Waals surface area contributed by atoms with Crippen LogP contribution in [0.2, 0.25) is 10.0 Å². The van der Waals surface area contributed by atoms with Gasteiger partial charge in [-0.1, -0.05) is 42.3 Å². The van der Waals surface area contributed by atoms with Crippen molar-refractivity contribution in [2.45, 2.75) is 25.9 Å². The van der Waals surface area contributed by atoms with E-state index >= 15 is 0 Å². The second kappa shape index (κ2) is 13.8. The van der Waals surface area contributed by atoms with E-state index in [1.165, 1.54) is 7.11 Å². The first-order valence-electron chi connectivity index (χ1n) is 8.88. The first kappa shape index (κ1) is 28.6. The number of carboxylic acid groups (broad SMARTS) is 1. The number of carbonyl (C=O) groups is 1. The number of anilines is 1. The molecular formula is C20H26Cl4N2O4. The molecule has 2 aromatic rings. The minimum Gasteiger partial charge on any atom is -0.496 e. The van der Waals surface area contributed by atoms with Gasteiger partial charge in [-0.3, -0.25) is 4.79 Å². The number of methoxy groups -OCH3 is 1. The predicted molar refractivity (Wildman–Crippen MR) is 126 cm³/mol. The lowest BCUT2D eigenvalue weighted by molar-refractivity contribution is -0.136. The van der Waals surface area contributed by atoms with Crippen molar-refractivity contribution in [3.05, 3.63) is 57.6 Å². The molecule has 6 nitrogen and oxygen atoms in total. The number of aliphatic carboxylic acids is 1. The lowest BCUT2D eigenvalue weighted by Gasteiger charge is -2.28. The summed E-state index contributed by atoms with van der Waals surface area (Å²) in [5, 5.41) is 22.3. The number of rotatable bonds is 10. The molecule has 10 heteroatoms. The Bertz CT molecular complexity index is 823. The SMILES string of the molecule is CCCN(NC[C@H](O)c1cccc(Cl)c1)c1cc(OC)c(CC(=O)O)cc1Cl.Cl.Cl. The predicted octanol–water partition coefficient (Wildman–Crippen LogP) is 4.93. The highest BCUT2D eigenvalue weighted by molar-refractivity contribution is 6.33. The monoisotopic (exact) mass is 498 g/mol. The quantitative estimate of drug-likeness (QED) is 0.402. The maximum absolute atomic E-state index is 11.0. The Morgan fingerprint density at radius 1 is 1.23 bits per heavy atom. The third kappa shape index (κ3) is 8.02. The van der Waals surface area contributed by atoms with Gasteiger partial charge in [0.2, 0.25) is 0 Å². The Balaban J connectivity index is 0.00000420. The minimum atomic E-state index is -0.963. The number of nitrogens with one attached hydrogen (secondary N) is 1. The molecule has 0 heterocycles. The number of benzene rings is 2. The summed E-state index contributed by atoms with van der Waals surface area (Å²) < 4.78 is 5.34. The van der Waals surface area contributed by atoms with Crippen LogP contribution >= 0.6 is 48.0 Å². The standard InChI is InChI=1S/C20H24Cl2N2O4.2ClH/c1-3-7-24(23-12-18(25)13-5-4-6-15(21)8-13)17-11-19(28-2)14(9-16(17)22)10-20(26)27;;/h4-6,8-9,11,18,23,25H,3,7,10,12H2,1-2H3,(H,26,27);2*1H/t18-;;/m0../s1. The number of nitrogens with zero attached hydrogens (tertiary/aromatic N) is 1. The molecule has 0 bridgehead atoms. The van der Waals surface area contributed by atoms with Crippen molar-refractivity contribution in [3.63, 3.8) is 0 Å². The summed E-state index contributed by atoms with van der Waals surface area (Å²) in [6, 6.07) is 10.4. The van der Waals surface area contributed by atoms with E-state index in [0.29, 0.717) is 39.2 Å². The molecule has 0 aliphatic carbocycles. The second-order valence-electron chi connectivity index (χ2n) is 6.27. The molecule has 0 radical (unpaired) electrons. The fraction of sp³-hybridized carbons (Fsp3) is 0.350. The van der Waals surface area contributed by atoms with Crippen LogP contribution in [-0.4, -0.2) is 36.4 Å². The zero-order valence-electron chi connectivity index (χ0n) is 16.6. The van der Waals surface area contributed by atoms with Crippen LogP contribution in [0.25, 0.3) is 0 Å². The molecule has 0 fully saturated rings. The van der Waals surface area contributed by atoms with E-state index < -0.39 is 12.1 Å². The fourth-order valence-electron chi connectivity index (χ4n) is 2.82.